The molecule has 0 aliphatic rings. The minimum atomic E-state index is 0. The molecular formula is C13H36Y-2. The Morgan fingerprint density at radius 2 is 1.00 bits per heavy atom. The van der Waals surface area contributed by atoms with Crippen LogP contribution in [-0.4, -0.2) is 0 Å². The third-order valence-corrected chi connectivity index (χ3v) is 0.957. The molecule has 93 valence electrons. The van der Waals surface area contributed by atoms with Gasteiger partial charge in [-0.2, -0.15) is 12.8 Å². The molecule has 0 unspecified atom stereocenters. The zero-order valence-electron chi connectivity index (χ0n) is 7.53. The molecule has 0 heterocycles. The Bertz CT molecular complexity index is 24.4. The zero-order valence-corrected chi connectivity index (χ0v) is 10.4. The smallest absolute Gasteiger partial charge is 0 e. The molecule has 0 rings (SSSR count). The summed E-state index contributed by atoms with van der Waals surface area (Å²) in [5.74, 6) is 0. The quantitative estimate of drug-likeness (QED) is 0.542. The third kappa shape index (κ3) is 114. The summed E-state index contributed by atoms with van der Waals surface area (Å²) < 4.78 is 0. The molecular weight excluding hydrogens is 245 g/mol. The molecule has 14 heavy (non-hydrogen) atoms. The van der Waals surface area contributed by atoms with Gasteiger partial charge in [0.25, 0.3) is 0 Å². The summed E-state index contributed by atoms with van der Waals surface area (Å²) in [5.41, 5.74) is 0. The summed E-state index contributed by atoms with van der Waals surface area (Å²) in [6.45, 7) is 11.6. The normalized spacial score (nSPS) is 5.14. The number of hydrogen-bond acceptors (Lipinski definition) is 0. The first-order chi connectivity index (χ1) is 4.33. The molecule has 0 aromatic heterocycles. The van der Waals surface area contributed by atoms with E-state index in [2.05, 4.69) is 27.7 Å². The van der Waals surface area contributed by atoms with Crippen molar-refractivity contribution < 1.29 is 32.7 Å². The second-order valence-electron chi connectivity index (χ2n) is 2.06. The Hall–Kier alpha value is 1.10. The van der Waals surface area contributed by atoms with Crippen LogP contribution in [0.2, 0.25) is 0 Å². The van der Waals surface area contributed by atoms with Crippen molar-refractivity contribution in [1.82, 2.24) is 0 Å². The summed E-state index contributed by atoms with van der Waals surface area (Å²) >= 11 is 0. The molecule has 0 bridgehead atoms. The van der Waals surface area contributed by atoms with E-state index in [9.17, 15) is 0 Å². The van der Waals surface area contributed by atoms with Gasteiger partial charge >= 0.3 is 0 Å². The predicted molar refractivity (Wildman–Crippen MR) is 72.1 cm³/mol. The van der Waals surface area contributed by atoms with Gasteiger partial charge in [0, 0.05) is 32.7 Å². The van der Waals surface area contributed by atoms with Crippen molar-refractivity contribution in [1.29, 1.82) is 0 Å². The van der Waals surface area contributed by atoms with Gasteiger partial charge in [0.2, 0.25) is 0 Å². The molecule has 0 nitrogen and oxygen atoms in total. The van der Waals surface area contributed by atoms with Crippen molar-refractivity contribution in [2.24, 2.45) is 0 Å². The van der Waals surface area contributed by atoms with Gasteiger partial charge in [-0.15, -0.1) is 0 Å². The second-order valence-corrected chi connectivity index (χ2v) is 2.06. The van der Waals surface area contributed by atoms with Crippen LogP contribution in [0.25, 0.3) is 0 Å². The molecule has 0 N–H and O–H groups in total. The molecule has 0 aliphatic heterocycles. The van der Waals surface area contributed by atoms with E-state index in [0.29, 0.717) is 0 Å². The molecule has 0 aromatic rings. The van der Waals surface area contributed by atoms with Crippen LogP contribution in [0.1, 0.15) is 75.7 Å². The minimum Gasteiger partial charge on any atom is -0.343 e. The second kappa shape index (κ2) is 65.0. The van der Waals surface area contributed by atoms with Crippen molar-refractivity contribution in [2.45, 2.75) is 75.7 Å². The summed E-state index contributed by atoms with van der Waals surface area (Å²) in [5, 5.41) is 0. The summed E-state index contributed by atoms with van der Waals surface area (Å²) in [6, 6.07) is 0. The maximum absolute atomic E-state index is 3.68. The van der Waals surface area contributed by atoms with Crippen molar-refractivity contribution >= 4 is 0 Å². The van der Waals surface area contributed by atoms with Gasteiger partial charge in [0.15, 0.2) is 0 Å². The van der Waals surface area contributed by atoms with Crippen molar-refractivity contribution in [3.05, 3.63) is 13.8 Å². The summed E-state index contributed by atoms with van der Waals surface area (Å²) in [4.78, 5) is 0. The zero-order chi connectivity index (χ0) is 7.54. The molecule has 0 saturated carbocycles. The monoisotopic (exact) mass is 281 g/mol. The molecule has 0 aromatic carbocycles. The largest absolute Gasteiger partial charge is 0.343 e. The Morgan fingerprint density at radius 1 is 0.714 bits per heavy atom. The van der Waals surface area contributed by atoms with Gasteiger partial charge < -0.3 is 13.8 Å². The van der Waals surface area contributed by atoms with Crippen LogP contribution in [0, 0.1) is 13.8 Å². The fourth-order valence-electron chi connectivity index (χ4n) is 0.250. The Labute approximate surface area is 122 Å². The first-order valence-electron chi connectivity index (χ1n) is 3.91. The average molecular weight is 281 g/mol. The molecule has 1 radical (unpaired) electrons. The first-order valence-corrected chi connectivity index (χ1v) is 3.91. The van der Waals surface area contributed by atoms with Gasteiger partial charge in [-0.1, -0.05) is 62.8 Å². The molecule has 0 amide bonds. The molecule has 0 atom stereocenters. The predicted octanol–water partition coefficient (Wildman–Crippen LogP) is 6.17. The molecule has 0 fully saturated rings. The first kappa shape index (κ1) is 45.7. The van der Waals surface area contributed by atoms with Crippen LogP contribution >= 0.6 is 0 Å². The molecule has 0 spiro atoms. The number of rotatable bonds is 3. The van der Waals surface area contributed by atoms with Crippen molar-refractivity contribution in [3.8, 4) is 0 Å². The van der Waals surface area contributed by atoms with Crippen molar-refractivity contribution in [3.63, 3.8) is 0 Å². The summed E-state index contributed by atoms with van der Waals surface area (Å²) in [6.07, 6.45) is 5.93. The fraction of sp³-hybridized carbons (Fsp3) is 0.846. The van der Waals surface area contributed by atoms with Crippen LogP contribution in [0.15, 0.2) is 0 Å². The van der Waals surface area contributed by atoms with Crippen LogP contribution in [0.5, 0.6) is 0 Å². The molecule has 0 saturated heterocycles. The molecule has 1 heteroatoms. The fourth-order valence-corrected chi connectivity index (χ4v) is 0.250. The van der Waals surface area contributed by atoms with Crippen LogP contribution in [0.4, 0.5) is 0 Å². The third-order valence-electron chi connectivity index (χ3n) is 0.957. The van der Waals surface area contributed by atoms with E-state index < -0.39 is 0 Å². The van der Waals surface area contributed by atoms with Gasteiger partial charge in [0.05, 0.1) is 0 Å². The number of unbranched alkanes of at least 4 members (excludes halogenated alkanes) is 3. The maximum Gasteiger partial charge on any atom is 0 e. The van der Waals surface area contributed by atoms with E-state index in [1.54, 1.807) is 0 Å². The van der Waals surface area contributed by atoms with Gasteiger partial charge in [-0.05, 0) is 0 Å². The topological polar surface area (TPSA) is 0 Å². The Balaban J connectivity index is -0.0000000104. The van der Waals surface area contributed by atoms with E-state index in [4.69, 9.17) is 0 Å². The van der Waals surface area contributed by atoms with Gasteiger partial charge in [0.1, 0.15) is 0 Å². The Kier molecular flexibility index (Phi) is 212. The standard InChI is InChI=1S/C5H11.C4H9.4CH4.Y/c1-3-5-4-2;1-3-4-2;;;;;/h1,3-5H2,2H3;1,3-4H2,2H3;4*1H4;/q2*-1;;;;;. The SMILES string of the molecule is C.C.C.C.[CH2-]CCC.[CH2-]CCCC.[Y]. The number of hydrogen-bond donors (Lipinski definition) is 0. The van der Waals surface area contributed by atoms with Gasteiger partial charge in [-0.25, -0.2) is 0 Å². The van der Waals surface area contributed by atoms with Crippen LogP contribution < -0.4 is 0 Å². The van der Waals surface area contributed by atoms with E-state index in [-0.39, 0.29) is 62.4 Å². The van der Waals surface area contributed by atoms with Gasteiger partial charge in [-0.3, -0.25) is 0 Å². The van der Waals surface area contributed by atoms with E-state index in [0.717, 1.165) is 12.8 Å². The average Bonchev–Trinajstić information content (AvgIpc) is 1.91. The van der Waals surface area contributed by atoms with Crippen LogP contribution in [0.3, 0.4) is 0 Å². The maximum atomic E-state index is 3.68. The van der Waals surface area contributed by atoms with E-state index in [1.807, 2.05) is 0 Å². The molecule has 0 aliphatic carbocycles. The van der Waals surface area contributed by atoms with Crippen molar-refractivity contribution in [2.75, 3.05) is 0 Å². The summed E-state index contributed by atoms with van der Waals surface area (Å²) in [7, 11) is 0. The van der Waals surface area contributed by atoms with E-state index >= 15 is 0 Å². The van der Waals surface area contributed by atoms with Crippen LogP contribution in [-0.2, 0) is 32.7 Å². The Morgan fingerprint density at radius 3 is 1.00 bits per heavy atom. The minimum absolute atomic E-state index is 0. The van der Waals surface area contributed by atoms with E-state index in [1.165, 1.54) is 19.3 Å².